The van der Waals surface area contributed by atoms with Crippen LogP contribution in [0.15, 0.2) is 65.6 Å². The van der Waals surface area contributed by atoms with E-state index in [0.717, 1.165) is 57.7 Å². The fourth-order valence-corrected chi connectivity index (χ4v) is 5.59. The monoisotopic (exact) mass is 557 g/mol. The van der Waals surface area contributed by atoms with Gasteiger partial charge in [0.25, 0.3) is 11.1 Å². The van der Waals surface area contributed by atoms with E-state index in [2.05, 4.69) is 24.1 Å². The van der Waals surface area contributed by atoms with Crippen molar-refractivity contribution in [1.82, 2.24) is 4.90 Å². The Morgan fingerprint density at radius 3 is 2.30 bits per heavy atom. The highest BCUT2D eigenvalue weighted by Crippen LogP contribution is 2.35. The summed E-state index contributed by atoms with van der Waals surface area (Å²) in [5.41, 5.74) is 6.37. The van der Waals surface area contributed by atoms with Gasteiger partial charge in [-0.1, -0.05) is 48.0 Å². The zero-order valence-corrected chi connectivity index (χ0v) is 24.4. The maximum absolute atomic E-state index is 13.2. The van der Waals surface area contributed by atoms with Gasteiger partial charge in [-0.25, -0.2) is 0 Å². The number of nitrogens with one attached hydrogen (secondary N) is 1. The van der Waals surface area contributed by atoms with E-state index >= 15 is 0 Å². The first kappa shape index (κ1) is 29.0. The maximum Gasteiger partial charge on any atom is 0.294 e. The van der Waals surface area contributed by atoms with Gasteiger partial charge in [0.2, 0.25) is 5.91 Å². The van der Waals surface area contributed by atoms with E-state index in [-0.39, 0.29) is 11.4 Å². The lowest BCUT2D eigenvalue weighted by Crippen LogP contribution is -2.36. The molecule has 0 saturated carbocycles. The molecule has 1 aliphatic rings. The number of hydrogen-bond acceptors (Lipinski definition) is 6. The molecular formula is C32H35N3O4S. The topological polar surface area (TPSA) is 79.0 Å². The first-order valence-electron chi connectivity index (χ1n) is 13.4. The predicted molar refractivity (Wildman–Crippen MR) is 163 cm³/mol. The molecular weight excluding hydrogens is 522 g/mol. The Morgan fingerprint density at radius 2 is 1.65 bits per heavy atom. The number of carbonyl (C=O) groups is 3. The third kappa shape index (κ3) is 6.74. The van der Waals surface area contributed by atoms with Crippen LogP contribution in [0.25, 0.3) is 6.08 Å². The number of anilines is 2. The van der Waals surface area contributed by atoms with Gasteiger partial charge in [-0.15, -0.1) is 0 Å². The van der Waals surface area contributed by atoms with Gasteiger partial charge in [-0.3, -0.25) is 19.3 Å². The highest BCUT2D eigenvalue weighted by Gasteiger charge is 2.36. The molecule has 0 atom stereocenters. The molecule has 0 unspecified atom stereocenters. The zero-order chi connectivity index (χ0) is 28.8. The van der Waals surface area contributed by atoms with Crippen molar-refractivity contribution in [3.8, 4) is 5.75 Å². The molecule has 1 aliphatic heterocycles. The molecule has 4 rings (SSSR count). The summed E-state index contributed by atoms with van der Waals surface area (Å²) in [4.78, 5) is 42.3. The van der Waals surface area contributed by atoms with Crippen molar-refractivity contribution in [3.05, 3.63) is 93.4 Å². The number of nitrogens with zero attached hydrogens (tertiary/aromatic N) is 2. The Labute approximate surface area is 240 Å². The summed E-state index contributed by atoms with van der Waals surface area (Å²) >= 11 is 0.828. The minimum atomic E-state index is -0.496. The van der Waals surface area contributed by atoms with Crippen molar-refractivity contribution in [2.75, 3.05) is 29.9 Å². The van der Waals surface area contributed by atoms with Crippen LogP contribution in [0.4, 0.5) is 16.2 Å². The highest BCUT2D eigenvalue weighted by atomic mass is 32.2. The van der Waals surface area contributed by atoms with Gasteiger partial charge in [0.05, 0.1) is 4.91 Å². The smallest absolute Gasteiger partial charge is 0.294 e. The second kappa shape index (κ2) is 12.9. The fourth-order valence-electron chi connectivity index (χ4n) is 4.77. The number of aryl methyl sites for hydroxylation is 3. The van der Waals surface area contributed by atoms with E-state index < -0.39 is 17.1 Å². The molecule has 0 radical (unpaired) electrons. The van der Waals surface area contributed by atoms with E-state index in [1.165, 1.54) is 0 Å². The number of benzene rings is 3. The summed E-state index contributed by atoms with van der Waals surface area (Å²) in [6.45, 7) is 11.7. The van der Waals surface area contributed by atoms with Crippen molar-refractivity contribution in [3.63, 3.8) is 0 Å². The van der Waals surface area contributed by atoms with Gasteiger partial charge in [0.15, 0.2) is 0 Å². The largest absolute Gasteiger partial charge is 0.488 e. The maximum atomic E-state index is 13.2. The van der Waals surface area contributed by atoms with Gasteiger partial charge in [-0.2, -0.15) is 0 Å². The van der Waals surface area contributed by atoms with Crippen LogP contribution in [0.1, 0.15) is 41.7 Å². The third-order valence-electron chi connectivity index (χ3n) is 6.77. The van der Waals surface area contributed by atoms with Crippen LogP contribution in [-0.4, -0.2) is 41.6 Å². The van der Waals surface area contributed by atoms with Crippen LogP contribution >= 0.6 is 11.8 Å². The summed E-state index contributed by atoms with van der Waals surface area (Å²) in [5, 5.41) is 2.39. The molecule has 3 aromatic rings. The average molecular weight is 558 g/mol. The lowest BCUT2D eigenvalue weighted by Gasteiger charge is -2.22. The molecule has 3 amide bonds. The Balaban J connectivity index is 1.55. The van der Waals surface area contributed by atoms with E-state index in [1.54, 1.807) is 6.08 Å². The number of thioether (sulfide) groups is 1. The predicted octanol–water partition coefficient (Wildman–Crippen LogP) is 6.71. The van der Waals surface area contributed by atoms with Crippen molar-refractivity contribution < 1.29 is 19.1 Å². The summed E-state index contributed by atoms with van der Waals surface area (Å²) in [6.07, 6.45) is 1.67. The van der Waals surface area contributed by atoms with Crippen molar-refractivity contribution in [1.29, 1.82) is 0 Å². The van der Waals surface area contributed by atoms with Crippen LogP contribution in [0.2, 0.25) is 0 Å². The molecule has 1 N–H and O–H groups in total. The van der Waals surface area contributed by atoms with Crippen LogP contribution in [0.3, 0.4) is 0 Å². The number of imide groups is 1. The zero-order valence-electron chi connectivity index (χ0n) is 23.6. The number of hydrogen-bond donors (Lipinski definition) is 1. The van der Waals surface area contributed by atoms with Gasteiger partial charge in [-0.05, 0) is 81.3 Å². The highest BCUT2D eigenvalue weighted by molar-refractivity contribution is 8.18. The Bertz CT molecular complexity index is 1420. The molecule has 0 aliphatic carbocycles. The molecule has 8 heteroatoms. The van der Waals surface area contributed by atoms with Crippen LogP contribution < -0.4 is 15.0 Å². The van der Waals surface area contributed by atoms with Crippen molar-refractivity contribution in [2.24, 2.45) is 0 Å². The first-order valence-corrected chi connectivity index (χ1v) is 14.2. The summed E-state index contributed by atoms with van der Waals surface area (Å²) < 4.78 is 6.21. The average Bonchev–Trinajstić information content (AvgIpc) is 3.19. The van der Waals surface area contributed by atoms with E-state index in [1.807, 2.05) is 81.4 Å². The minimum absolute atomic E-state index is 0.251. The van der Waals surface area contributed by atoms with Crippen molar-refractivity contribution in [2.45, 2.75) is 41.2 Å². The molecule has 0 spiro atoms. The van der Waals surface area contributed by atoms with Gasteiger partial charge < -0.3 is 15.0 Å². The molecule has 40 heavy (non-hydrogen) atoms. The lowest BCUT2D eigenvalue weighted by atomic mass is 10.1. The van der Waals surface area contributed by atoms with E-state index in [4.69, 9.17) is 4.74 Å². The Morgan fingerprint density at radius 1 is 0.975 bits per heavy atom. The number of carbonyl (C=O) groups excluding carboxylic acids is 3. The molecule has 1 fully saturated rings. The third-order valence-corrected chi connectivity index (χ3v) is 7.67. The van der Waals surface area contributed by atoms with Crippen LogP contribution in [-0.2, 0) is 16.2 Å². The number of ether oxygens (including phenoxy) is 1. The number of amides is 3. The molecule has 1 saturated heterocycles. The second-order valence-corrected chi connectivity index (χ2v) is 10.8. The minimum Gasteiger partial charge on any atom is -0.488 e. The molecule has 1 heterocycles. The molecule has 0 aromatic heterocycles. The summed E-state index contributed by atoms with van der Waals surface area (Å²) in [6, 6.07) is 19.7. The normalized spacial score (nSPS) is 14.1. The van der Waals surface area contributed by atoms with E-state index in [0.29, 0.717) is 23.6 Å². The molecule has 0 bridgehead atoms. The Kier molecular flexibility index (Phi) is 9.32. The van der Waals surface area contributed by atoms with Crippen molar-refractivity contribution >= 4 is 46.3 Å². The van der Waals surface area contributed by atoms with Crippen LogP contribution in [0, 0.1) is 20.8 Å². The van der Waals surface area contributed by atoms with Gasteiger partial charge in [0.1, 0.15) is 18.9 Å². The standard InChI is InChI=1S/C32H35N3O4S/c1-6-34(7-2)26-14-13-25(27(18-26)39-20-24-11-9-8-10-12-24)17-28-31(37)35(32(38)40-28)19-29(36)33-30-22(4)15-21(3)16-23(30)5/h8-18H,6-7,19-20H2,1-5H3,(H,33,36)/b28-17+. The molecule has 208 valence electrons. The SMILES string of the molecule is CCN(CC)c1ccc(/C=C2/SC(=O)N(CC(=O)Nc3c(C)cc(C)cc3C)C2=O)c(OCc2ccccc2)c1. The van der Waals surface area contributed by atoms with Gasteiger partial charge >= 0.3 is 0 Å². The van der Waals surface area contributed by atoms with E-state index in [9.17, 15) is 14.4 Å². The second-order valence-electron chi connectivity index (χ2n) is 9.76. The first-order chi connectivity index (χ1) is 19.2. The van der Waals surface area contributed by atoms with Crippen LogP contribution in [0.5, 0.6) is 5.75 Å². The molecule has 7 nitrogen and oxygen atoms in total. The summed E-state index contributed by atoms with van der Waals surface area (Å²) in [5.74, 6) is -0.304. The lowest BCUT2D eigenvalue weighted by molar-refractivity contribution is -0.127. The fraction of sp³-hybridized carbons (Fsp3) is 0.281. The summed E-state index contributed by atoms with van der Waals surface area (Å²) in [7, 11) is 0. The Hall–Kier alpha value is -4.04. The quantitative estimate of drug-likeness (QED) is 0.279. The number of rotatable bonds is 10. The van der Waals surface area contributed by atoms with Gasteiger partial charge in [0, 0.05) is 36.1 Å². The molecule has 3 aromatic carbocycles.